The van der Waals surface area contributed by atoms with Crippen LogP contribution in [0.15, 0.2) is 53.4 Å². The van der Waals surface area contributed by atoms with E-state index in [2.05, 4.69) is 34.5 Å². The molecule has 0 aliphatic carbocycles. The Morgan fingerprint density at radius 1 is 1.06 bits per heavy atom. The zero-order chi connectivity index (χ0) is 22.6. The number of carbonyl (C=O) groups excluding carboxylic acids is 1. The molecule has 2 aromatic carbocycles. The molecule has 32 heavy (non-hydrogen) atoms. The van der Waals surface area contributed by atoms with Gasteiger partial charge in [-0.1, -0.05) is 35.9 Å². The molecule has 2 aromatic rings. The third kappa shape index (κ3) is 5.52. The zero-order valence-corrected chi connectivity index (χ0v) is 19.7. The molecule has 8 heteroatoms. The number of rotatable bonds is 7. The summed E-state index contributed by atoms with van der Waals surface area (Å²) in [5, 5.41) is 3.52. The zero-order valence-electron chi connectivity index (χ0n) is 18.2. The largest absolute Gasteiger partial charge is 0.356 e. The van der Waals surface area contributed by atoms with Crippen LogP contribution in [-0.4, -0.2) is 56.3 Å². The average molecular weight is 476 g/mol. The lowest BCUT2D eigenvalue weighted by atomic mass is 9.98. The van der Waals surface area contributed by atoms with Gasteiger partial charge in [0.15, 0.2) is 0 Å². The van der Waals surface area contributed by atoms with E-state index in [4.69, 9.17) is 11.6 Å². The highest BCUT2D eigenvalue weighted by Gasteiger charge is 2.33. The van der Waals surface area contributed by atoms with Crippen molar-refractivity contribution in [1.82, 2.24) is 14.5 Å². The fraction of sp³-hybridized carbons (Fsp3) is 0.458. The maximum Gasteiger partial charge on any atom is 0.243 e. The average Bonchev–Trinajstić information content (AvgIpc) is 2.82. The van der Waals surface area contributed by atoms with E-state index in [1.807, 2.05) is 0 Å². The highest BCUT2D eigenvalue weighted by Crippen LogP contribution is 2.25. The highest BCUT2D eigenvalue weighted by molar-refractivity contribution is 7.89. The number of sulfonamides is 1. The normalized spacial score (nSPS) is 20.0. The van der Waals surface area contributed by atoms with Gasteiger partial charge in [0.1, 0.15) is 0 Å². The minimum atomic E-state index is -3.62. The first kappa shape index (κ1) is 23.2. The fourth-order valence-electron chi connectivity index (χ4n) is 4.53. The summed E-state index contributed by atoms with van der Waals surface area (Å²) in [6.07, 6.45) is 3.34. The Morgan fingerprint density at radius 3 is 2.59 bits per heavy atom. The van der Waals surface area contributed by atoms with Crippen LogP contribution in [0, 0.1) is 5.92 Å². The van der Waals surface area contributed by atoms with Crippen molar-refractivity contribution in [2.45, 2.75) is 37.1 Å². The SMILES string of the molecule is O=C(NCCCN1CCc2ccccc2C1)[C@@H]1CCCN(S(=O)(=O)c2ccc(Cl)cc2)C1. The van der Waals surface area contributed by atoms with E-state index in [0.717, 1.165) is 32.5 Å². The van der Waals surface area contributed by atoms with E-state index < -0.39 is 10.0 Å². The van der Waals surface area contributed by atoms with Gasteiger partial charge in [-0.05, 0) is 61.1 Å². The Hall–Kier alpha value is -1.93. The van der Waals surface area contributed by atoms with Crippen molar-refractivity contribution in [3.8, 4) is 0 Å². The van der Waals surface area contributed by atoms with E-state index >= 15 is 0 Å². The Balaban J connectivity index is 1.24. The molecular weight excluding hydrogens is 446 g/mol. The van der Waals surface area contributed by atoms with Gasteiger partial charge >= 0.3 is 0 Å². The number of nitrogens with zero attached hydrogens (tertiary/aromatic N) is 2. The van der Waals surface area contributed by atoms with Crippen LogP contribution in [-0.2, 0) is 27.8 Å². The summed E-state index contributed by atoms with van der Waals surface area (Å²) in [4.78, 5) is 15.3. The molecule has 2 aliphatic rings. The van der Waals surface area contributed by atoms with Gasteiger partial charge in [-0.15, -0.1) is 0 Å². The van der Waals surface area contributed by atoms with Crippen molar-refractivity contribution in [3.63, 3.8) is 0 Å². The van der Waals surface area contributed by atoms with Crippen LogP contribution in [0.4, 0.5) is 0 Å². The summed E-state index contributed by atoms with van der Waals surface area (Å²) >= 11 is 5.88. The predicted octanol–water partition coefficient (Wildman–Crippen LogP) is 3.31. The standard InChI is InChI=1S/C24H30ClN3O3S/c25-22-8-10-23(11-9-22)32(30,31)28-15-3-7-21(18-28)24(29)26-13-4-14-27-16-12-19-5-1-2-6-20(19)17-27/h1-2,5-6,8-11,21H,3-4,7,12-18H2,(H,26,29)/t21-/m1/s1. The third-order valence-corrected chi connectivity index (χ3v) is 8.50. The monoisotopic (exact) mass is 475 g/mol. The van der Waals surface area contributed by atoms with Crippen LogP contribution in [0.2, 0.25) is 5.02 Å². The molecule has 172 valence electrons. The van der Waals surface area contributed by atoms with Crippen molar-refractivity contribution in [3.05, 3.63) is 64.7 Å². The van der Waals surface area contributed by atoms with Crippen molar-refractivity contribution in [1.29, 1.82) is 0 Å². The van der Waals surface area contributed by atoms with E-state index in [0.29, 0.717) is 31.0 Å². The van der Waals surface area contributed by atoms with Crippen molar-refractivity contribution < 1.29 is 13.2 Å². The van der Waals surface area contributed by atoms with Crippen LogP contribution >= 0.6 is 11.6 Å². The van der Waals surface area contributed by atoms with Crippen LogP contribution in [0.3, 0.4) is 0 Å². The van der Waals surface area contributed by atoms with Crippen molar-refractivity contribution >= 4 is 27.5 Å². The lowest BCUT2D eigenvalue weighted by molar-refractivity contribution is -0.126. The van der Waals surface area contributed by atoms with E-state index in [1.54, 1.807) is 12.1 Å². The smallest absolute Gasteiger partial charge is 0.243 e. The number of hydrogen-bond acceptors (Lipinski definition) is 4. The number of fused-ring (bicyclic) bond motifs is 1. The Labute approximate surface area is 195 Å². The Bertz CT molecular complexity index is 1040. The molecular formula is C24H30ClN3O3S. The molecule has 1 amide bonds. The van der Waals surface area contributed by atoms with E-state index in [-0.39, 0.29) is 23.3 Å². The molecule has 2 heterocycles. The molecule has 1 atom stereocenters. The summed E-state index contributed by atoms with van der Waals surface area (Å²) < 4.78 is 27.3. The van der Waals surface area contributed by atoms with Gasteiger partial charge in [0.25, 0.3) is 0 Å². The predicted molar refractivity (Wildman–Crippen MR) is 126 cm³/mol. The quantitative estimate of drug-likeness (QED) is 0.624. The minimum Gasteiger partial charge on any atom is -0.356 e. The molecule has 1 saturated heterocycles. The molecule has 6 nitrogen and oxygen atoms in total. The van der Waals surface area contributed by atoms with Crippen LogP contribution in [0.1, 0.15) is 30.4 Å². The van der Waals surface area contributed by atoms with Gasteiger partial charge in [-0.25, -0.2) is 8.42 Å². The second-order valence-electron chi connectivity index (χ2n) is 8.60. The van der Waals surface area contributed by atoms with Gasteiger partial charge in [0, 0.05) is 44.3 Å². The molecule has 0 bridgehead atoms. The molecule has 0 saturated carbocycles. The van der Waals surface area contributed by atoms with Crippen molar-refractivity contribution in [2.75, 3.05) is 32.7 Å². The number of hydrogen-bond donors (Lipinski definition) is 1. The molecule has 0 spiro atoms. The number of piperidine rings is 1. The molecule has 0 unspecified atom stereocenters. The maximum atomic E-state index is 12.9. The van der Waals surface area contributed by atoms with E-state index in [1.165, 1.54) is 27.6 Å². The van der Waals surface area contributed by atoms with Gasteiger partial charge in [0.2, 0.25) is 15.9 Å². The number of halogens is 1. The lowest BCUT2D eigenvalue weighted by Gasteiger charge is -2.31. The second kappa shape index (κ2) is 10.3. The van der Waals surface area contributed by atoms with Crippen LogP contribution in [0.25, 0.3) is 0 Å². The number of nitrogens with one attached hydrogen (secondary N) is 1. The van der Waals surface area contributed by atoms with Gasteiger partial charge in [-0.2, -0.15) is 4.31 Å². The maximum absolute atomic E-state index is 12.9. The molecule has 0 radical (unpaired) electrons. The van der Waals surface area contributed by atoms with Crippen LogP contribution in [0.5, 0.6) is 0 Å². The summed E-state index contributed by atoms with van der Waals surface area (Å²) in [7, 11) is -3.62. The van der Waals surface area contributed by atoms with Crippen molar-refractivity contribution in [2.24, 2.45) is 5.92 Å². The highest BCUT2D eigenvalue weighted by atomic mass is 35.5. The Kier molecular flexibility index (Phi) is 7.51. The molecule has 0 aromatic heterocycles. The topological polar surface area (TPSA) is 69.7 Å². The second-order valence-corrected chi connectivity index (χ2v) is 11.0. The van der Waals surface area contributed by atoms with Gasteiger partial charge in [-0.3, -0.25) is 9.69 Å². The summed E-state index contributed by atoms with van der Waals surface area (Å²) in [6.45, 7) is 4.22. The van der Waals surface area contributed by atoms with Gasteiger partial charge in [0.05, 0.1) is 10.8 Å². The molecule has 2 aliphatic heterocycles. The number of amides is 1. The Morgan fingerprint density at radius 2 is 1.81 bits per heavy atom. The number of carbonyl (C=O) groups is 1. The summed E-state index contributed by atoms with van der Waals surface area (Å²) in [6, 6.07) is 14.7. The first-order valence-electron chi connectivity index (χ1n) is 11.3. The fourth-order valence-corrected chi connectivity index (χ4v) is 6.18. The minimum absolute atomic E-state index is 0.0509. The lowest BCUT2D eigenvalue weighted by Crippen LogP contribution is -2.45. The summed E-state index contributed by atoms with van der Waals surface area (Å²) in [5.41, 5.74) is 2.83. The molecule has 4 rings (SSSR count). The van der Waals surface area contributed by atoms with Gasteiger partial charge < -0.3 is 5.32 Å². The van der Waals surface area contributed by atoms with E-state index in [9.17, 15) is 13.2 Å². The molecule has 1 fully saturated rings. The first-order chi connectivity index (χ1) is 15.4. The third-order valence-electron chi connectivity index (χ3n) is 6.37. The number of benzene rings is 2. The first-order valence-corrected chi connectivity index (χ1v) is 13.1. The molecule has 1 N–H and O–H groups in total. The summed E-state index contributed by atoms with van der Waals surface area (Å²) in [5.74, 6) is -0.363. The van der Waals surface area contributed by atoms with Crippen LogP contribution < -0.4 is 5.32 Å².